The van der Waals surface area contributed by atoms with Crippen molar-refractivity contribution in [1.82, 2.24) is 4.31 Å². The van der Waals surface area contributed by atoms with Gasteiger partial charge in [-0.2, -0.15) is 0 Å². The molecule has 4 rings (SSSR count). The van der Waals surface area contributed by atoms with Crippen LogP contribution in [0, 0.1) is 6.92 Å². The summed E-state index contributed by atoms with van der Waals surface area (Å²) in [5.74, 6) is -0.382. The topological polar surface area (TPSA) is 54.5 Å². The van der Waals surface area contributed by atoms with Crippen molar-refractivity contribution in [1.29, 1.82) is 0 Å². The molecule has 0 N–H and O–H groups in total. The molecule has 1 unspecified atom stereocenters. The van der Waals surface area contributed by atoms with E-state index in [1.165, 1.54) is 0 Å². The molecular weight excluding hydrogens is 394 g/mol. The third kappa shape index (κ3) is 3.14. The lowest BCUT2D eigenvalue weighted by molar-refractivity contribution is -0.127. The first-order chi connectivity index (χ1) is 14.4. The monoisotopic (exact) mass is 419 g/mol. The Hall–Kier alpha value is -2.92. The van der Waals surface area contributed by atoms with Gasteiger partial charge < -0.3 is 0 Å². The fraction of sp³-hybridized carbons (Fsp3) is 0.240. The molecule has 1 aliphatic rings. The molecule has 0 spiro atoms. The van der Waals surface area contributed by atoms with E-state index in [-0.39, 0.29) is 10.8 Å². The molecule has 5 heteroatoms. The van der Waals surface area contributed by atoms with Crippen LogP contribution in [0.15, 0.2) is 89.8 Å². The van der Waals surface area contributed by atoms with Gasteiger partial charge >= 0.3 is 0 Å². The highest BCUT2D eigenvalue weighted by molar-refractivity contribution is 7.89. The van der Waals surface area contributed by atoms with E-state index in [0.29, 0.717) is 12.8 Å². The molecule has 0 aliphatic carbocycles. The average Bonchev–Trinajstić information content (AvgIpc) is 3.09. The van der Waals surface area contributed by atoms with E-state index >= 15 is 0 Å². The minimum absolute atomic E-state index is 0.150. The van der Waals surface area contributed by atoms with Crippen molar-refractivity contribution in [3.63, 3.8) is 0 Å². The predicted molar refractivity (Wildman–Crippen MR) is 118 cm³/mol. The number of benzene rings is 3. The second-order valence-corrected chi connectivity index (χ2v) is 9.64. The van der Waals surface area contributed by atoms with Crippen LogP contribution in [0.1, 0.15) is 36.5 Å². The number of carbonyl (C=O) groups excluding carboxylic acids is 1. The number of carbonyl (C=O) groups is 1. The lowest BCUT2D eigenvalue weighted by atomic mass is 9.72. The van der Waals surface area contributed by atoms with Crippen LogP contribution in [-0.2, 0) is 20.2 Å². The van der Waals surface area contributed by atoms with Crippen molar-refractivity contribution < 1.29 is 13.2 Å². The van der Waals surface area contributed by atoms with Crippen LogP contribution in [0.25, 0.3) is 0 Å². The van der Waals surface area contributed by atoms with Crippen LogP contribution in [-0.4, -0.2) is 24.7 Å². The van der Waals surface area contributed by atoms with E-state index in [9.17, 15) is 13.2 Å². The number of hydrogen-bond acceptors (Lipinski definition) is 3. The third-order valence-corrected chi connectivity index (χ3v) is 7.87. The second kappa shape index (κ2) is 7.73. The van der Waals surface area contributed by atoms with E-state index < -0.39 is 21.5 Å². The zero-order valence-electron chi connectivity index (χ0n) is 17.2. The molecule has 154 valence electrons. The number of aryl methyl sites for hydroxylation is 1. The van der Waals surface area contributed by atoms with E-state index in [1.54, 1.807) is 24.3 Å². The number of nitrogens with zero attached hydrogens (tertiary/aromatic N) is 1. The van der Waals surface area contributed by atoms with Gasteiger partial charge in [-0.25, -0.2) is 12.7 Å². The first-order valence-electron chi connectivity index (χ1n) is 10.2. The maximum Gasteiger partial charge on any atom is 0.266 e. The molecule has 0 radical (unpaired) electrons. The summed E-state index contributed by atoms with van der Waals surface area (Å²) in [7, 11) is -3.97. The number of sulfonamides is 1. The van der Waals surface area contributed by atoms with Crippen molar-refractivity contribution in [2.24, 2.45) is 0 Å². The largest absolute Gasteiger partial charge is 0.272 e. The highest BCUT2D eigenvalue weighted by Crippen LogP contribution is 2.47. The molecule has 0 saturated carbocycles. The second-order valence-electron chi connectivity index (χ2n) is 7.82. The summed E-state index contributed by atoms with van der Waals surface area (Å²) < 4.78 is 28.3. The molecule has 30 heavy (non-hydrogen) atoms. The van der Waals surface area contributed by atoms with Crippen LogP contribution in [0.4, 0.5) is 0 Å². The fourth-order valence-corrected chi connectivity index (χ4v) is 6.11. The zero-order chi connectivity index (χ0) is 21.4. The molecule has 0 aromatic heterocycles. The Morgan fingerprint density at radius 2 is 1.37 bits per heavy atom. The highest BCUT2D eigenvalue weighted by atomic mass is 32.2. The van der Waals surface area contributed by atoms with Gasteiger partial charge in [-0.15, -0.1) is 0 Å². The van der Waals surface area contributed by atoms with E-state index in [4.69, 9.17) is 0 Å². The Balaban J connectivity index is 1.91. The summed E-state index contributed by atoms with van der Waals surface area (Å²) in [6.07, 6.45) is 0.972. The van der Waals surface area contributed by atoms with Crippen molar-refractivity contribution in [3.8, 4) is 0 Å². The molecule has 0 bridgehead atoms. The Bertz CT molecular complexity index is 1100. The van der Waals surface area contributed by atoms with Gasteiger partial charge in [-0.1, -0.05) is 85.3 Å². The summed E-state index contributed by atoms with van der Waals surface area (Å²) in [4.78, 5) is 14.2. The quantitative estimate of drug-likeness (QED) is 0.603. The van der Waals surface area contributed by atoms with Gasteiger partial charge in [0.15, 0.2) is 0 Å². The summed E-state index contributed by atoms with van der Waals surface area (Å²) in [6.45, 7) is 3.84. The predicted octanol–water partition coefficient (Wildman–Crippen LogP) is 4.68. The number of hydrogen-bond donors (Lipinski definition) is 0. The van der Waals surface area contributed by atoms with Crippen LogP contribution in [0.3, 0.4) is 0 Å². The summed E-state index contributed by atoms with van der Waals surface area (Å²) in [5.41, 5.74) is 1.58. The zero-order valence-corrected chi connectivity index (χ0v) is 18.0. The van der Waals surface area contributed by atoms with Crippen LogP contribution in [0.5, 0.6) is 0 Å². The van der Waals surface area contributed by atoms with Gasteiger partial charge in [0.2, 0.25) is 0 Å². The third-order valence-electron chi connectivity index (χ3n) is 6.02. The van der Waals surface area contributed by atoms with Crippen LogP contribution >= 0.6 is 0 Å². The van der Waals surface area contributed by atoms with Gasteiger partial charge in [-0.3, -0.25) is 4.79 Å². The van der Waals surface area contributed by atoms with E-state index in [1.807, 2.05) is 74.5 Å². The summed E-state index contributed by atoms with van der Waals surface area (Å²) in [6, 6.07) is 25.3. The molecule has 1 fully saturated rings. The Labute approximate surface area is 178 Å². The van der Waals surface area contributed by atoms with Crippen molar-refractivity contribution >= 4 is 15.9 Å². The maximum absolute atomic E-state index is 14.0. The SMILES string of the molecule is CCC1CC(c2ccccc2)(c2ccccc2)C(=O)N1S(=O)(=O)c1ccc(C)cc1. The van der Waals surface area contributed by atoms with Gasteiger partial charge in [0.05, 0.1) is 4.90 Å². The van der Waals surface area contributed by atoms with E-state index in [2.05, 4.69) is 0 Å². The molecule has 1 atom stereocenters. The molecule has 1 saturated heterocycles. The van der Waals surface area contributed by atoms with Crippen molar-refractivity contribution in [3.05, 3.63) is 102 Å². The van der Waals surface area contributed by atoms with Gasteiger partial charge in [-0.05, 0) is 43.0 Å². The van der Waals surface area contributed by atoms with Gasteiger partial charge in [0.25, 0.3) is 15.9 Å². The minimum atomic E-state index is -3.97. The number of amides is 1. The standard InChI is InChI=1S/C25H25NO3S/c1-3-22-18-25(20-10-6-4-7-11-20,21-12-8-5-9-13-21)24(27)26(22)30(28,29)23-16-14-19(2)15-17-23/h4-17,22H,3,18H2,1-2H3. The molecule has 4 nitrogen and oxygen atoms in total. The minimum Gasteiger partial charge on any atom is -0.272 e. The van der Waals surface area contributed by atoms with E-state index in [0.717, 1.165) is 21.0 Å². The Morgan fingerprint density at radius 1 is 0.867 bits per heavy atom. The molecule has 1 aliphatic heterocycles. The van der Waals surface area contributed by atoms with Gasteiger partial charge in [0.1, 0.15) is 5.41 Å². The first-order valence-corrected chi connectivity index (χ1v) is 11.6. The van der Waals surface area contributed by atoms with Crippen molar-refractivity contribution in [2.75, 3.05) is 0 Å². The molecule has 3 aromatic carbocycles. The van der Waals surface area contributed by atoms with Crippen LogP contribution in [0.2, 0.25) is 0 Å². The molecule has 1 heterocycles. The maximum atomic E-state index is 14.0. The van der Waals surface area contributed by atoms with Crippen molar-refractivity contribution in [2.45, 2.75) is 43.0 Å². The Kier molecular flexibility index (Phi) is 5.24. The highest BCUT2D eigenvalue weighted by Gasteiger charge is 2.57. The summed E-state index contributed by atoms with van der Waals surface area (Å²) >= 11 is 0. The number of rotatable bonds is 5. The fourth-order valence-electron chi connectivity index (χ4n) is 4.41. The van der Waals surface area contributed by atoms with Crippen LogP contribution < -0.4 is 0 Å². The normalized spacial score (nSPS) is 18.5. The average molecular weight is 420 g/mol. The smallest absolute Gasteiger partial charge is 0.266 e. The first kappa shape index (κ1) is 20.4. The molecule has 1 amide bonds. The summed E-state index contributed by atoms with van der Waals surface area (Å²) in [5, 5.41) is 0. The lowest BCUT2D eigenvalue weighted by Gasteiger charge is -2.29. The van der Waals surface area contributed by atoms with Gasteiger partial charge in [0, 0.05) is 6.04 Å². The Morgan fingerprint density at radius 3 is 1.83 bits per heavy atom. The molecule has 3 aromatic rings. The lowest BCUT2D eigenvalue weighted by Crippen LogP contribution is -2.43. The molecular formula is C25H25NO3S.